The van der Waals surface area contributed by atoms with Gasteiger partial charge in [-0.1, -0.05) is 0 Å². The number of nitrogens with one attached hydrogen (secondary N) is 2. The summed E-state index contributed by atoms with van der Waals surface area (Å²) in [4.78, 5) is 24.5. The van der Waals surface area contributed by atoms with E-state index in [1.807, 2.05) is 6.92 Å². The Kier molecular flexibility index (Phi) is 4.90. The van der Waals surface area contributed by atoms with E-state index in [4.69, 9.17) is 0 Å². The molecule has 6 heteroatoms. The molecule has 0 radical (unpaired) electrons. The molecule has 5 nitrogen and oxygen atoms in total. The molecule has 0 aromatic heterocycles. The van der Waals surface area contributed by atoms with Crippen molar-refractivity contribution in [3.63, 3.8) is 0 Å². The van der Waals surface area contributed by atoms with Gasteiger partial charge in [0.15, 0.2) is 0 Å². The fraction of sp³-hybridized carbons (Fsp3) is 0.778. The maximum Gasteiger partial charge on any atom is 0.240 e. The van der Waals surface area contributed by atoms with E-state index in [1.165, 1.54) is 4.90 Å². The average molecular weight is 231 g/mol. The molecule has 1 saturated heterocycles. The first-order valence-electron chi connectivity index (χ1n) is 4.98. The highest BCUT2D eigenvalue weighted by atomic mass is 32.2. The van der Waals surface area contributed by atoms with Gasteiger partial charge < -0.3 is 10.2 Å². The SMILES string of the molecule is CCNC(=O)CN(C)C(=O)C1CSCN1. The first kappa shape index (κ1) is 12.3. The zero-order chi connectivity index (χ0) is 11.3. The standard InChI is InChI=1S/C9H17N3O2S/c1-3-10-8(13)4-12(2)9(14)7-5-15-6-11-7/h7,11H,3-6H2,1-2H3,(H,10,13). The van der Waals surface area contributed by atoms with E-state index in [1.54, 1.807) is 18.8 Å². The molecule has 0 aliphatic carbocycles. The van der Waals surface area contributed by atoms with Crippen LogP contribution in [0.3, 0.4) is 0 Å². The topological polar surface area (TPSA) is 61.4 Å². The first-order chi connectivity index (χ1) is 7.15. The number of carbonyl (C=O) groups excluding carboxylic acids is 2. The van der Waals surface area contributed by atoms with Crippen LogP contribution in [0.2, 0.25) is 0 Å². The second kappa shape index (κ2) is 5.97. The van der Waals surface area contributed by atoms with Crippen LogP contribution in [0, 0.1) is 0 Å². The van der Waals surface area contributed by atoms with Gasteiger partial charge in [-0.3, -0.25) is 14.9 Å². The fourth-order valence-electron chi connectivity index (χ4n) is 1.37. The molecule has 1 unspecified atom stereocenters. The van der Waals surface area contributed by atoms with Crippen LogP contribution in [0.25, 0.3) is 0 Å². The highest BCUT2D eigenvalue weighted by Gasteiger charge is 2.26. The molecule has 1 fully saturated rings. The Hall–Kier alpha value is -0.750. The highest BCUT2D eigenvalue weighted by Crippen LogP contribution is 2.11. The molecule has 1 aliphatic heterocycles. The number of likely N-dealkylation sites (N-methyl/N-ethyl adjacent to an activating group) is 2. The summed E-state index contributed by atoms with van der Waals surface area (Å²) in [6, 6.07) is -0.130. The van der Waals surface area contributed by atoms with E-state index in [0.717, 1.165) is 11.6 Å². The van der Waals surface area contributed by atoms with Crippen molar-refractivity contribution in [1.82, 2.24) is 15.5 Å². The number of carbonyl (C=O) groups is 2. The van der Waals surface area contributed by atoms with E-state index < -0.39 is 0 Å². The second-order valence-electron chi connectivity index (χ2n) is 3.42. The minimum atomic E-state index is -0.130. The number of rotatable bonds is 4. The lowest BCUT2D eigenvalue weighted by molar-refractivity contribution is -0.135. The number of hydrogen-bond donors (Lipinski definition) is 2. The molecule has 0 aromatic carbocycles. The Morgan fingerprint density at radius 2 is 2.33 bits per heavy atom. The van der Waals surface area contributed by atoms with Crippen molar-refractivity contribution in [2.45, 2.75) is 13.0 Å². The molecule has 1 rings (SSSR count). The van der Waals surface area contributed by atoms with Crippen LogP contribution < -0.4 is 10.6 Å². The molecule has 15 heavy (non-hydrogen) atoms. The summed E-state index contributed by atoms with van der Waals surface area (Å²) in [6.07, 6.45) is 0. The maximum atomic E-state index is 11.8. The van der Waals surface area contributed by atoms with Gasteiger partial charge in [0.05, 0.1) is 12.6 Å². The molecule has 2 N–H and O–H groups in total. The van der Waals surface area contributed by atoms with Crippen molar-refractivity contribution in [3.8, 4) is 0 Å². The summed E-state index contributed by atoms with van der Waals surface area (Å²) < 4.78 is 0. The predicted molar refractivity (Wildman–Crippen MR) is 60.6 cm³/mol. The van der Waals surface area contributed by atoms with Crippen LogP contribution in [-0.4, -0.2) is 54.5 Å². The maximum absolute atomic E-state index is 11.8. The number of thioether (sulfide) groups is 1. The van der Waals surface area contributed by atoms with Crippen LogP contribution in [0.1, 0.15) is 6.92 Å². The molecular formula is C9H17N3O2S. The number of hydrogen-bond acceptors (Lipinski definition) is 4. The van der Waals surface area contributed by atoms with Gasteiger partial charge in [0, 0.05) is 25.2 Å². The summed E-state index contributed by atoms with van der Waals surface area (Å²) in [6.45, 7) is 2.59. The Balaban J connectivity index is 2.35. The molecule has 0 aromatic rings. The Labute approximate surface area is 94.0 Å². The molecule has 1 heterocycles. The third-order valence-corrected chi connectivity index (χ3v) is 3.09. The second-order valence-corrected chi connectivity index (χ2v) is 4.45. The van der Waals surface area contributed by atoms with Gasteiger partial charge in [0.2, 0.25) is 11.8 Å². The van der Waals surface area contributed by atoms with Crippen LogP contribution in [-0.2, 0) is 9.59 Å². The van der Waals surface area contributed by atoms with Crippen LogP contribution in [0.4, 0.5) is 0 Å². The lowest BCUT2D eigenvalue weighted by atomic mass is 10.3. The number of amides is 2. The Morgan fingerprint density at radius 3 is 2.87 bits per heavy atom. The van der Waals surface area contributed by atoms with E-state index in [-0.39, 0.29) is 24.4 Å². The third-order valence-electron chi connectivity index (χ3n) is 2.15. The average Bonchev–Trinajstić information content (AvgIpc) is 2.69. The smallest absolute Gasteiger partial charge is 0.240 e. The van der Waals surface area contributed by atoms with Crippen LogP contribution in [0.15, 0.2) is 0 Å². The van der Waals surface area contributed by atoms with Gasteiger partial charge in [-0.25, -0.2) is 0 Å². The van der Waals surface area contributed by atoms with Gasteiger partial charge >= 0.3 is 0 Å². The lowest BCUT2D eigenvalue weighted by Crippen LogP contribution is -2.46. The predicted octanol–water partition coefficient (Wildman–Crippen LogP) is -0.757. The van der Waals surface area contributed by atoms with Crippen molar-refractivity contribution in [2.75, 3.05) is 31.8 Å². The van der Waals surface area contributed by atoms with Crippen molar-refractivity contribution in [2.24, 2.45) is 0 Å². The molecule has 0 spiro atoms. The lowest BCUT2D eigenvalue weighted by Gasteiger charge is -2.20. The molecule has 2 amide bonds. The zero-order valence-electron chi connectivity index (χ0n) is 9.08. The molecule has 0 bridgehead atoms. The van der Waals surface area contributed by atoms with Crippen molar-refractivity contribution in [1.29, 1.82) is 0 Å². The summed E-state index contributed by atoms with van der Waals surface area (Å²) >= 11 is 1.70. The van der Waals surface area contributed by atoms with Gasteiger partial charge in [-0.05, 0) is 6.92 Å². The summed E-state index contributed by atoms with van der Waals surface area (Å²) in [5.74, 6) is 1.48. The molecular weight excluding hydrogens is 214 g/mol. The van der Waals surface area contributed by atoms with Crippen LogP contribution >= 0.6 is 11.8 Å². The summed E-state index contributed by atoms with van der Waals surface area (Å²) in [5, 5.41) is 5.75. The van der Waals surface area contributed by atoms with Crippen LogP contribution in [0.5, 0.6) is 0 Å². The summed E-state index contributed by atoms with van der Waals surface area (Å²) in [7, 11) is 1.66. The molecule has 1 aliphatic rings. The Morgan fingerprint density at radius 1 is 1.60 bits per heavy atom. The van der Waals surface area contributed by atoms with Crippen molar-refractivity contribution >= 4 is 23.6 Å². The quantitative estimate of drug-likeness (QED) is 0.668. The minimum Gasteiger partial charge on any atom is -0.355 e. The monoisotopic (exact) mass is 231 g/mol. The normalized spacial score (nSPS) is 20.0. The van der Waals surface area contributed by atoms with Crippen molar-refractivity contribution in [3.05, 3.63) is 0 Å². The molecule has 1 atom stereocenters. The van der Waals surface area contributed by atoms with E-state index >= 15 is 0 Å². The van der Waals surface area contributed by atoms with Gasteiger partial charge in [0.1, 0.15) is 0 Å². The number of nitrogens with zero attached hydrogens (tertiary/aromatic N) is 1. The Bertz CT molecular complexity index is 242. The molecule has 0 saturated carbocycles. The van der Waals surface area contributed by atoms with Gasteiger partial charge in [-0.2, -0.15) is 0 Å². The fourth-order valence-corrected chi connectivity index (χ4v) is 2.30. The summed E-state index contributed by atoms with van der Waals surface area (Å²) in [5.41, 5.74) is 0. The molecule has 86 valence electrons. The highest BCUT2D eigenvalue weighted by molar-refractivity contribution is 7.99. The minimum absolute atomic E-state index is 0.00810. The van der Waals surface area contributed by atoms with Gasteiger partial charge in [0.25, 0.3) is 0 Å². The van der Waals surface area contributed by atoms with Crippen molar-refractivity contribution < 1.29 is 9.59 Å². The first-order valence-corrected chi connectivity index (χ1v) is 6.13. The largest absolute Gasteiger partial charge is 0.355 e. The van der Waals surface area contributed by atoms with Gasteiger partial charge in [-0.15, -0.1) is 11.8 Å². The van der Waals surface area contributed by atoms with E-state index in [2.05, 4.69) is 10.6 Å². The van der Waals surface area contributed by atoms with E-state index in [9.17, 15) is 9.59 Å². The third kappa shape index (κ3) is 3.71. The van der Waals surface area contributed by atoms with E-state index in [0.29, 0.717) is 6.54 Å². The zero-order valence-corrected chi connectivity index (χ0v) is 9.89.